The number of ether oxygens (including phenoxy) is 2. The first-order valence-electron chi connectivity index (χ1n) is 12.1. The number of rotatable bonds is 12. The second kappa shape index (κ2) is 13.2. The topological polar surface area (TPSA) is 95.3 Å². The molecule has 0 aliphatic carbocycles. The van der Waals surface area contributed by atoms with Gasteiger partial charge in [-0.3, -0.25) is 9.36 Å². The second-order valence-electron chi connectivity index (χ2n) is 8.27. The minimum absolute atomic E-state index is 0.0268. The van der Waals surface area contributed by atoms with Gasteiger partial charge in [0, 0.05) is 17.5 Å². The number of aryl methyl sites for hydroxylation is 1. The number of methoxy groups -OCH3 is 1. The van der Waals surface area contributed by atoms with E-state index < -0.39 is 5.97 Å². The van der Waals surface area contributed by atoms with Crippen molar-refractivity contribution >= 4 is 40.0 Å². The van der Waals surface area contributed by atoms with Gasteiger partial charge in [0.1, 0.15) is 28.7 Å². The van der Waals surface area contributed by atoms with E-state index in [4.69, 9.17) is 9.47 Å². The molecule has 2 aromatic heterocycles. The molecule has 0 aliphatic rings. The highest BCUT2D eigenvalue weighted by Gasteiger charge is 2.23. The second-order valence-corrected chi connectivity index (χ2v) is 10.1. The number of halogens is 1. The number of thioether (sulfide) groups is 1. The molecule has 202 valence electrons. The lowest BCUT2D eigenvalue weighted by atomic mass is 10.0. The summed E-state index contributed by atoms with van der Waals surface area (Å²) < 4.78 is 26.0. The van der Waals surface area contributed by atoms with Crippen molar-refractivity contribution in [1.29, 1.82) is 0 Å². The molecular formula is C28H27FN4O4S2. The molecule has 4 aromatic rings. The fourth-order valence-corrected chi connectivity index (χ4v) is 5.44. The van der Waals surface area contributed by atoms with Crippen molar-refractivity contribution < 1.29 is 23.5 Å². The van der Waals surface area contributed by atoms with Crippen molar-refractivity contribution in [1.82, 2.24) is 14.8 Å². The number of allylic oxidation sites excluding steroid dienone is 1. The number of anilines is 1. The third-order valence-electron chi connectivity index (χ3n) is 5.73. The number of hydrogen-bond donors (Lipinski definition) is 1. The molecule has 1 amide bonds. The minimum Gasteiger partial charge on any atom is -0.486 e. The van der Waals surface area contributed by atoms with Crippen molar-refractivity contribution in [3.8, 4) is 16.9 Å². The number of carbonyl (C=O) groups excluding carboxylic acids is 2. The van der Waals surface area contributed by atoms with E-state index in [-0.39, 0.29) is 29.6 Å². The van der Waals surface area contributed by atoms with Crippen LogP contribution in [-0.4, -0.2) is 39.5 Å². The predicted octanol–water partition coefficient (Wildman–Crippen LogP) is 5.99. The monoisotopic (exact) mass is 566 g/mol. The fraction of sp³-hybridized carbons (Fsp3) is 0.214. The lowest BCUT2D eigenvalue weighted by molar-refractivity contribution is -0.113. The smallest absolute Gasteiger partial charge is 0.341 e. The Labute approximate surface area is 233 Å². The molecular weight excluding hydrogens is 539 g/mol. The molecule has 4 rings (SSSR count). The SMILES string of the molecule is C=CCn1c(COc2ccc(CC)cc2)nnc1SCC(=O)Nc1scc(-c2ccc(F)cc2)c1C(=O)OC. The zero-order valence-electron chi connectivity index (χ0n) is 21.5. The maximum Gasteiger partial charge on any atom is 0.341 e. The van der Waals surface area contributed by atoms with Crippen LogP contribution in [0.25, 0.3) is 11.1 Å². The third kappa shape index (κ3) is 6.92. The first-order chi connectivity index (χ1) is 18.9. The molecule has 0 radical (unpaired) electrons. The van der Waals surface area contributed by atoms with Crippen LogP contribution >= 0.6 is 23.1 Å². The molecule has 0 bridgehead atoms. The summed E-state index contributed by atoms with van der Waals surface area (Å²) in [5.41, 5.74) is 2.63. The van der Waals surface area contributed by atoms with Crippen molar-refractivity contribution in [2.24, 2.45) is 0 Å². The van der Waals surface area contributed by atoms with Gasteiger partial charge in [0.2, 0.25) is 5.91 Å². The Morgan fingerprint density at radius 1 is 1.15 bits per heavy atom. The predicted molar refractivity (Wildman–Crippen MR) is 151 cm³/mol. The Kier molecular flexibility index (Phi) is 9.50. The molecule has 39 heavy (non-hydrogen) atoms. The normalized spacial score (nSPS) is 10.7. The van der Waals surface area contributed by atoms with Gasteiger partial charge in [-0.15, -0.1) is 28.1 Å². The molecule has 11 heteroatoms. The van der Waals surface area contributed by atoms with E-state index in [0.717, 1.165) is 12.2 Å². The summed E-state index contributed by atoms with van der Waals surface area (Å²) >= 11 is 2.40. The summed E-state index contributed by atoms with van der Waals surface area (Å²) in [7, 11) is 1.27. The van der Waals surface area contributed by atoms with Crippen molar-refractivity contribution in [3.63, 3.8) is 0 Å². The number of benzene rings is 2. The molecule has 2 aromatic carbocycles. The number of esters is 1. The highest BCUT2D eigenvalue weighted by atomic mass is 32.2. The van der Waals surface area contributed by atoms with E-state index in [1.807, 2.05) is 28.8 Å². The molecule has 0 saturated carbocycles. The summed E-state index contributed by atoms with van der Waals surface area (Å²) in [6, 6.07) is 13.6. The number of carbonyl (C=O) groups is 2. The lowest BCUT2D eigenvalue weighted by Crippen LogP contribution is -2.16. The zero-order chi connectivity index (χ0) is 27.8. The number of aromatic nitrogens is 3. The average molecular weight is 567 g/mol. The molecule has 0 aliphatic heterocycles. The van der Waals surface area contributed by atoms with E-state index in [1.165, 1.54) is 47.9 Å². The maximum absolute atomic E-state index is 13.4. The van der Waals surface area contributed by atoms with E-state index in [0.29, 0.717) is 33.7 Å². The molecule has 0 atom stereocenters. The minimum atomic E-state index is -0.599. The van der Waals surface area contributed by atoms with Gasteiger partial charge in [0.15, 0.2) is 11.0 Å². The van der Waals surface area contributed by atoms with E-state index in [2.05, 4.69) is 29.0 Å². The Hall–Kier alpha value is -3.96. The van der Waals surface area contributed by atoms with Gasteiger partial charge < -0.3 is 14.8 Å². The van der Waals surface area contributed by atoms with Crippen LogP contribution in [-0.2, 0) is 29.1 Å². The average Bonchev–Trinajstić information content (AvgIpc) is 3.55. The highest BCUT2D eigenvalue weighted by Crippen LogP contribution is 2.36. The number of hydrogen-bond acceptors (Lipinski definition) is 8. The van der Waals surface area contributed by atoms with Crippen LogP contribution in [0.2, 0.25) is 0 Å². The lowest BCUT2D eigenvalue weighted by Gasteiger charge is -2.10. The zero-order valence-corrected chi connectivity index (χ0v) is 23.1. The van der Waals surface area contributed by atoms with Gasteiger partial charge in [-0.25, -0.2) is 9.18 Å². The molecule has 0 fully saturated rings. The number of thiophene rings is 1. The molecule has 2 heterocycles. The van der Waals surface area contributed by atoms with Gasteiger partial charge in [-0.05, 0) is 41.8 Å². The van der Waals surface area contributed by atoms with Crippen LogP contribution in [0.4, 0.5) is 9.39 Å². The summed E-state index contributed by atoms with van der Waals surface area (Å²) in [6.07, 6.45) is 2.67. The first kappa shape index (κ1) is 28.1. The first-order valence-corrected chi connectivity index (χ1v) is 13.9. The molecule has 0 unspecified atom stereocenters. The van der Waals surface area contributed by atoms with Crippen LogP contribution in [0, 0.1) is 5.82 Å². The Morgan fingerprint density at radius 3 is 2.56 bits per heavy atom. The van der Waals surface area contributed by atoms with E-state index in [9.17, 15) is 14.0 Å². The highest BCUT2D eigenvalue weighted by molar-refractivity contribution is 7.99. The molecule has 8 nitrogen and oxygen atoms in total. The number of nitrogens with zero attached hydrogens (tertiary/aromatic N) is 3. The quantitative estimate of drug-likeness (QED) is 0.128. The maximum atomic E-state index is 13.4. The van der Waals surface area contributed by atoms with Crippen LogP contribution in [0.3, 0.4) is 0 Å². The van der Waals surface area contributed by atoms with E-state index in [1.54, 1.807) is 23.6 Å². The summed E-state index contributed by atoms with van der Waals surface area (Å²) in [5.74, 6) is 0.0412. The van der Waals surface area contributed by atoms with Crippen LogP contribution < -0.4 is 10.1 Å². The number of amides is 1. The van der Waals surface area contributed by atoms with Gasteiger partial charge in [-0.2, -0.15) is 0 Å². The Morgan fingerprint density at radius 2 is 1.90 bits per heavy atom. The number of nitrogens with one attached hydrogen (secondary N) is 1. The van der Waals surface area contributed by atoms with Gasteiger partial charge in [-0.1, -0.05) is 49.0 Å². The van der Waals surface area contributed by atoms with Gasteiger partial charge in [0.05, 0.1) is 12.9 Å². The Bertz CT molecular complexity index is 1450. The standard InChI is InChI=1S/C28H27FN4O4S2/c1-4-14-33-23(15-37-21-12-6-18(5-2)7-13-21)31-32-28(33)39-17-24(34)30-26-25(27(35)36-3)22(16-38-26)19-8-10-20(29)11-9-19/h4,6-13,16H,1,5,14-15,17H2,2-3H3,(H,30,34). The fourth-order valence-electron chi connectivity index (χ4n) is 3.70. The molecule has 0 spiro atoms. The third-order valence-corrected chi connectivity index (χ3v) is 7.59. The van der Waals surface area contributed by atoms with Gasteiger partial charge in [0.25, 0.3) is 0 Å². The van der Waals surface area contributed by atoms with Crippen LogP contribution in [0.1, 0.15) is 28.7 Å². The summed E-state index contributed by atoms with van der Waals surface area (Å²) in [6.45, 7) is 6.56. The van der Waals surface area contributed by atoms with Crippen LogP contribution in [0.5, 0.6) is 5.75 Å². The Balaban J connectivity index is 1.43. The molecule has 1 N–H and O–H groups in total. The van der Waals surface area contributed by atoms with Crippen LogP contribution in [0.15, 0.2) is 71.7 Å². The van der Waals surface area contributed by atoms with Crippen molar-refractivity contribution in [3.05, 3.63) is 89.3 Å². The van der Waals surface area contributed by atoms with Gasteiger partial charge >= 0.3 is 5.97 Å². The van der Waals surface area contributed by atoms with Crippen molar-refractivity contribution in [2.45, 2.75) is 31.7 Å². The summed E-state index contributed by atoms with van der Waals surface area (Å²) in [4.78, 5) is 25.4. The van der Waals surface area contributed by atoms with Crippen molar-refractivity contribution in [2.75, 3.05) is 18.2 Å². The van der Waals surface area contributed by atoms with E-state index >= 15 is 0 Å². The largest absolute Gasteiger partial charge is 0.486 e. The molecule has 0 saturated heterocycles. The summed E-state index contributed by atoms with van der Waals surface area (Å²) in [5, 5.41) is 13.9.